The van der Waals surface area contributed by atoms with Crippen LogP contribution in [0, 0.1) is 5.92 Å². The second-order valence-corrected chi connectivity index (χ2v) is 4.61. The van der Waals surface area contributed by atoms with E-state index in [9.17, 15) is 5.11 Å². The minimum atomic E-state index is -0.450. The molecule has 0 aromatic rings. The number of aliphatic hydroxyl groups excluding tert-OH is 1. The lowest BCUT2D eigenvalue weighted by atomic mass is 10.3. The predicted octanol–water partition coefficient (Wildman–Crippen LogP) is 0.0249. The van der Waals surface area contributed by atoms with Crippen LogP contribution in [0.1, 0.15) is 12.8 Å². The highest BCUT2D eigenvalue weighted by Crippen LogP contribution is 2.28. The van der Waals surface area contributed by atoms with Gasteiger partial charge in [-0.25, -0.2) is 0 Å². The Labute approximate surface area is 103 Å². The van der Waals surface area contributed by atoms with E-state index in [1.807, 2.05) is 0 Å². The van der Waals surface area contributed by atoms with Gasteiger partial charge in [-0.05, 0) is 18.8 Å². The number of hydrogen-bond donors (Lipinski definition) is 2. The van der Waals surface area contributed by atoms with Crippen molar-refractivity contribution >= 4 is 0 Å². The van der Waals surface area contributed by atoms with Crippen molar-refractivity contribution in [2.75, 3.05) is 47.1 Å². The molecule has 1 rings (SSSR count). The fourth-order valence-corrected chi connectivity index (χ4v) is 1.52. The van der Waals surface area contributed by atoms with Crippen molar-refractivity contribution in [3.63, 3.8) is 0 Å². The van der Waals surface area contributed by atoms with Gasteiger partial charge in [0.1, 0.15) is 0 Å². The summed E-state index contributed by atoms with van der Waals surface area (Å²) in [6.07, 6.45) is 2.13. The Morgan fingerprint density at radius 1 is 1.24 bits per heavy atom. The largest absolute Gasteiger partial charge is 0.389 e. The Morgan fingerprint density at radius 3 is 2.59 bits per heavy atom. The van der Waals surface area contributed by atoms with Crippen LogP contribution in [0.15, 0.2) is 0 Å². The van der Waals surface area contributed by atoms with Crippen LogP contribution in [0.5, 0.6) is 0 Å². The molecule has 5 nitrogen and oxygen atoms in total. The molecule has 2 unspecified atom stereocenters. The standard InChI is InChI=1S/C12H25NO4/c1-15-9-12(16-2)6-13-5-11(14)8-17-7-10-3-4-10/h10-14H,3-9H2,1-2H3. The van der Waals surface area contributed by atoms with Crippen LogP contribution in [0.3, 0.4) is 0 Å². The summed E-state index contributed by atoms with van der Waals surface area (Å²) in [5.41, 5.74) is 0. The fourth-order valence-electron chi connectivity index (χ4n) is 1.52. The Morgan fingerprint density at radius 2 is 2.00 bits per heavy atom. The maximum Gasteiger partial charge on any atom is 0.0928 e. The first-order valence-electron chi connectivity index (χ1n) is 6.24. The van der Waals surface area contributed by atoms with E-state index >= 15 is 0 Å². The van der Waals surface area contributed by atoms with Crippen molar-refractivity contribution in [1.29, 1.82) is 0 Å². The Bertz CT molecular complexity index is 187. The monoisotopic (exact) mass is 247 g/mol. The van der Waals surface area contributed by atoms with Crippen LogP contribution >= 0.6 is 0 Å². The lowest BCUT2D eigenvalue weighted by molar-refractivity contribution is 0.0166. The van der Waals surface area contributed by atoms with Gasteiger partial charge in [0.05, 0.1) is 25.4 Å². The highest BCUT2D eigenvalue weighted by Gasteiger charge is 2.21. The van der Waals surface area contributed by atoms with E-state index in [4.69, 9.17) is 14.2 Å². The number of ether oxygens (including phenoxy) is 3. The molecular formula is C12H25NO4. The molecule has 17 heavy (non-hydrogen) atoms. The zero-order chi connectivity index (χ0) is 12.5. The summed E-state index contributed by atoms with van der Waals surface area (Å²) in [4.78, 5) is 0. The molecule has 2 atom stereocenters. The van der Waals surface area contributed by atoms with E-state index in [0.29, 0.717) is 26.3 Å². The van der Waals surface area contributed by atoms with Crippen molar-refractivity contribution in [3.8, 4) is 0 Å². The van der Waals surface area contributed by atoms with Crippen molar-refractivity contribution in [2.45, 2.75) is 25.0 Å². The van der Waals surface area contributed by atoms with Crippen molar-refractivity contribution in [1.82, 2.24) is 5.32 Å². The van der Waals surface area contributed by atoms with E-state index in [1.165, 1.54) is 12.8 Å². The molecule has 0 saturated heterocycles. The Kier molecular flexibility index (Phi) is 7.72. The highest BCUT2D eigenvalue weighted by atomic mass is 16.5. The number of rotatable bonds is 11. The lowest BCUT2D eigenvalue weighted by Crippen LogP contribution is -2.37. The minimum absolute atomic E-state index is 0.0274. The second kappa shape index (κ2) is 8.83. The van der Waals surface area contributed by atoms with Crippen molar-refractivity contribution in [3.05, 3.63) is 0 Å². The molecule has 0 heterocycles. The molecule has 5 heteroatoms. The average molecular weight is 247 g/mol. The number of methoxy groups -OCH3 is 2. The summed E-state index contributed by atoms with van der Waals surface area (Å²) < 4.78 is 15.6. The van der Waals surface area contributed by atoms with Crippen molar-refractivity contribution < 1.29 is 19.3 Å². The van der Waals surface area contributed by atoms with Gasteiger partial charge in [-0.2, -0.15) is 0 Å². The molecule has 102 valence electrons. The summed E-state index contributed by atoms with van der Waals surface area (Å²) in [5, 5.41) is 12.8. The molecule has 1 fully saturated rings. The molecule has 1 aliphatic rings. The third-order valence-corrected chi connectivity index (χ3v) is 2.80. The normalized spacial score (nSPS) is 19.2. The zero-order valence-electron chi connectivity index (χ0n) is 10.9. The summed E-state index contributed by atoms with van der Waals surface area (Å²) in [6.45, 7) is 2.95. The molecular weight excluding hydrogens is 222 g/mol. The fraction of sp³-hybridized carbons (Fsp3) is 1.00. The average Bonchev–Trinajstić information content (AvgIpc) is 3.12. The van der Waals surface area contributed by atoms with E-state index in [-0.39, 0.29) is 6.10 Å². The smallest absolute Gasteiger partial charge is 0.0928 e. The Balaban J connectivity index is 1.92. The van der Waals surface area contributed by atoms with Crippen molar-refractivity contribution in [2.24, 2.45) is 5.92 Å². The van der Waals surface area contributed by atoms with Gasteiger partial charge >= 0.3 is 0 Å². The maximum absolute atomic E-state index is 9.64. The number of hydrogen-bond acceptors (Lipinski definition) is 5. The van der Waals surface area contributed by atoms with Crippen LogP contribution in [0.25, 0.3) is 0 Å². The van der Waals surface area contributed by atoms with Crippen LogP contribution in [0.4, 0.5) is 0 Å². The third-order valence-electron chi connectivity index (χ3n) is 2.80. The molecule has 1 saturated carbocycles. The van der Waals surface area contributed by atoms with Gasteiger partial charge in [0.2, 0.25) is 0 Å². The molecule has 2 N–H and O–H groups in total. The molecule has 1 aliphatic carbocycles. The lowest BCUT2D eigenvalue weighted by Gasteiger charge is -2.17. The number of aliphatic hydroxyl groups is 1. The van der Waals surface area contributed by atoms with Crippen LogP contribution in [-0.4, -0.2) is 64.4 Å². The van der Waals surface area contributed by atoms with Gasteiger partial charge in [0.15, 0.2) is 0 Å². The molecule has 0 spiro atoms. The summed E-state index contributed by atoms with van der Waals surface area (Å²) in [7, 11) is 3.30. The van der Waals surface area contributed by atoms with Crippen LogP contribution < -0.4 is 5.32 Å². The van der Waals surface area contributed by atoms with Gasteiger partial charge < -0.3 is 24.6 Å². The molecule has 0 radical (unpaired) electrons. The van der Waals surface area contributed by atoms with E-state index in [1.54, 1.807) is 14.2 Å². The first-order chi connectivity index (χ1) is 8.26. The SMILES string of the molecule is COCC(CNCC(O)COCC1CC1)OC. The molecule has 0 aromatic heterocycles. The zero-order valence-corrected chi connectivity index (χ0v) is 10.9. The van der Waals surface area contributed by atoms with Crippen LogP contribution in [0.2, 0.25) is 0 Å². The summed E-state index contributed by atoms with van der Waals surface area (Å²) in [6, 6.07) is 0. The Hall–Kier alpha value is -0.200. The molecule has 0 bridgehead atoms. The van der Waals surface area contributed by atoms with Crippen LogP contribution in [-0.2, 0) is 14.2 Å². The second-order valence-electron chi connectivity index (χ2n) is 4.61. The first-order valence-corrected chi connectivity index (χ1v) is 6.24. The van der Waals surface area contributed by atoms with Gasteiger partial charge in [0, 0.05) is 33.9 Å². The highest BCUT2D eigenvalue weighted by molar-refractivity contribution is 4.72. The van der Waals surface area contributed by atoms with Gasteiger partial charge in [-0.15, -0.1) is 0 Å². The molecule has 0 aliphatic heterocycles. The predicted molar refractivity (Wildman–Crippen MR) is 65.1 cm³/mol. The topological polar surface area (TPSA) is 60.0 Å². The maximum atomic E-state index is 9.64. The first kappa shape index (κ1) is 14.9. The van der Waals surface area contributed by atoms with Gasteiger partial charge in [-0.3, -0.25) is 0 Å². The number of nitrogens with one attached hydrogen (secondary N) is 1. The van der Waals surface area contributed by atoms with Gasteiger partial charge in [-0.1, -0.05) is 0 Å². The molecule has 0 amide bonds. The van der Waals surface area contributed by atoms with Gasteiger partial charge in [0.25, 0.3) is 0 Å². The van der Waals surface area contributed by atoms with E-state index in [2.05, 4.69) is 5.32 Å². The molecule has 0 aromatic carbocycles. The van der Waals surface area contributed by atoms with E-state index in [0.717, 1.165) is 12.5 Å². The van der Waals surface area contributed by atoms with E-state index < -0.39 is 6.10 Å². The summed E-state index contributed by atoms with van der Waals surface area (Å²) >= 11 is 0. The quantitative estimate of drug-likeness (QED) is 0.539. The third kappa shape index (κ3) is 7.68. The summed E-state index contributed by atoms with van der Waals surface area (Å²) in [5.74, 6) is 0.745. The minimum Gasteiger partial charge on any atom is -0.389 e.